The van der Waals surface area contributed by atoms with Gasteiger partial charge in [-0.25, -0.2) is 0 Å². The lowest BCUT2D eigenvalue weighted by molar-refractivity contribution is -0.144. The van der Waals surface area contributed by atoms with Crippen molar-refractivity contribution in [3.8, 4) is 0 Å². The van der Waals surface area contributed by atoms with Gasteiger partial charge in [0.1, 0.15) is 0 Å². The molecule has 0 aromatic carbocycles. The average Bonchev–Trinajstić information content (AvgIpc) is 2.84. The molecule has 5 heteroatoms. The smallest absolute Gasteiger partial charge is 0.232 e. The Hall–Kier alpha value is -0.650. The largest absolute Gasteiger partial charge is 0.384 e. The molecule has 1 saturated heterocycles. The van der Waals surface area contributed by atoms with Crippen LogP contribution in [0.2, 0.25) is 0 Å². The number of hydrogen-bond acceptors (Lipinski definition) is 4. The van der Waals surface area contributed by atoms with Crippen LogP contribution < -0.4 is 5.32 Å². The zero-order valence-electron chi connectivity index (χ0n) is 11.8. The van der Waals surface area contributed by atoms with E-state index in [1.54, 1.807) is 7.11 Å². The third kappa shape index (κ3) is 3.67. The highest BCUT2D eigenvalue weighted by atomic mass is 16.5. The number of rotatable bonds is 8. The van der Waals surface area contributed by atoms with E-state index in [-0.39, 0.29) is 11.3 Å². The second-order valence-electron chi connectivity index (χ2n) is 4.72. The molecular weight excluding hydrogens is 232 g/mol. The van der Waals surface area contributed by atoms with Crippen molar-refractivity contribution in [2.24, 2.45) is 5.41 Å². The molecule has 1 rings (SSSR count). The van der Waals surface area contributed by atoms with Crippen molar-refractivity contribution in [2.75, 3.05) is 53.1 Å². The monoisotopic (exact) mass is 258 g/mol. The van der Waals surface area contributed by atoms with Crippen molar-refractivity contribution in [1.82, 2.24) is 10.2 Å². The summed E-state index contributed by atoms with van der Waals surface area (Å²) in [5, 5.41) is 3.27. The summed E-state index contributed by atoms with van der Waals surface area (Å²) < 4.78 is 10.6. The van der Waals surface area contributed by atoms with Gasteiger partial charge in [0.15, 0.2) is 0 Å². The van der Waals surface area contributed by atoms with Crippen LogP contribution in [-0.4, -0.2) is 63.9 Å². The SMILES string of the molecule is CCOCCN(CC)C(=O)C1(COC)CCNC1. The first-order chi connectivity index (χ1) is 8.70. The van der Waals surface area contributed by atoms with E-state index in [4.69, 9.17) is 9.47 Å². The molecule has 1 fully saturated rings. The Kier molecular flexibility index (Phi) is 6.60. The number of carbonyl (C=O) groups excluding carboxylic acids is 1. The van der Waals surface area contributed by atoms with Gasteiger partial charge in [-0.1, -0.05) is 0 Å². The first-order valence-corrected chi connectivity index (χ1v) is 6.77. The third-order valence-corrected chi connectivity index (χ3v) is 3.50. The summed E-state index contributed by atoms with van der Waals surface area (Å²) in [5.74, 6) is 0.191. The van der Waals surface area contributed by atoms with Crippen molar-refractivity contribution in [2.45, 2.75) is 20.3 Å². The summed E-state index contributed by atoms with van der Waals surface area (Å²) in [5.41, 5.74) is -0.378. The molecule has 0 spiro atoms. The van der Waals surface area contributed by atoms with Gasteiger partial charge < -0.3 is 19.7 Å². The number of carbonyl (C=O) groups is 1. The zero-order chi connectivity index (χ0) is 13.4. The van der Waals surface area contributed by atoms with Crippen molar-refractivity contribution >= 4 is 5.91 Å². The Balaban J connectivity index is 2.61. The molecule has 1 amide bonds. The first-order valence-electron chi connectivity index (χ1n) is 6.77. The molecule has 0 radical (unpaired) electrons. The number of likely N-dealkylation sites (N-methyl/N-ethyl adjacent to an activating group) is 1. The van der Waals surface area contributed by atoms with E-state index in [0.29, 0.717) is 32.9 Å². The molecule has 1 heterocycles. The molecule has 1 aliphatic rings. The molecule has 1 aliphatic heterocycles. The zero-order valence-corrected chi connectivity index (χ0v) is 11.8. The highest BCUT2D eigenvalue weighted by molar-refractivity contribution is 5.83. The van der Waals surface area contributed by atoms with Crippen molar-refractivity contribution in [1.29, 1.82) is 0 Å². The summed E-state index contributed by atoms with van der Waals surface area (Å²) >= 11 is 0. The lowest BCUT2D eigenvalue weighted by Gasteiger charge is -2.32. The first kappa shape index (κ1) is 15.4. The quantitative estimate of drug-likeness (QED) is 0.644. The summed E-state index contributed by atoms with van der Waals surface area (Å²) in [6.07, 6.45) is 0.852. The van der Waals surface area contributed by atoms with Crippen molar-refractivity contribution in [3.05, 3.63) is 0 Å². The van der Waals surface area contributed by atoms with E-state index in [0.717, 1.165) is 19.5 Å². The van der Waals surface area contributed by atoms with E-state index < -0.39 is 0 Å². The molecule has 0 aromatic heterocycles. The lowest BCUT2D eigenvalue weighted by Crippen LogP contribution is -2.48. The van der Waals surface area contributed by atoms with E-state index in [2.05, 4.69) is 5.32 Å². The van der Waals surface area contributed by atoms with Gasteiger partial charge >= 0.3 is 0 Å². The number of nitrogens with zero attached hydrogens (tertiary/aromatic N) is 1. The van der Waals surface area contributed by atoms with Gasteiger partial charge in [-0.2, -0.15) is 0 Å². The second-order valence-corrected chi connectivity index (χ2v) is 4.72. The van der Waals surface area contributed by atoms with E-state index in [9.17, 15) is 4.79 Å². The fourth-order valence-electron chi connectivity index (χ4n) is 2.45. The van der Waals surface area contributed by atoms with Gasteiger partial charge in [-0.05, 0) is 26.8 Å². The molecule has 0 aromatic rings. The minimum absolute atomic E-state index is 0.191. The van der Waals surface area contributed by atoms with Crippen LogP contribution in [0.3, 0.4) is 0 Å². The molecule has 1 unspecified atom stereocenters. The fourth-order valence-corrected chi connectivity index (χ4v) is 2.45. The van der Waals surface area contributed by atoms with Gasteiger partial charge in [0.05, 0.1) is 18.6 Å². The molecule has 1 N–H and O–H groups in total. The minimum Gasteiger partial charge on any atom is -0.384 e. The molecule has 18 heavy (non-hydrogen) atoms. The Bertz CT molecular complexity index is 253. The molecule has 0 aliphatic carbocycles. The van der Waals surface area contributed by atoms with Gasteiger partial charge in [0.25, 0.3) is 0 Å². The van der Waals surface area contributed by atoms with E-state index >= 15 is 0 Å². The van der Waals surface area contributed by atoms with Crippen LogP contribution >= 0.6 is 0 Å². The molecular formula is C13H26N2O3. The van der Waals surface area contributed by atoms with Crippen LogP contribution in [0.5, 0.6) is 0 Å². The molecule has 1 atom stereocenters. The van der Waals surface area contributed by atoms with Gasteiger partial charge in [-0.15, -0.1) is 0 Å². The van der Waals surface area contributed by atoms with E-state index in [1.807, 2.05) is 18.7 Å². The Labute approximate surface area is 110 Å². The minimum atomic E-state index is -0.378. The number of nitrogens with one attached hydrogen (secondary N) is 1. The van der Waals surface area contributed by atoms with Crippen LogP contribution in [0.25, 0.3) is 0 Å². The van der Waals surface area contributed by atoms with Crippen LogP contribution in [0, 0.1) is 5.41 Å². The number of amides is 1. The van der Waals surface area contributed by atoms with Crippen LogP contribution in [0.1, 0.15) is 20.3 Å². The average molecular weight is 258 g/mol. The Morgan fingerprint density at radius 2 is 2.22 bits per heavy atom. The lowest BCUT2D eigenvalue weighted by atomic mass is 9.86. The molecule has 0 bridgehead atoms. The van der Waals surface area contributed by atoms with Crippen LogP contribution in [0.15, 0.2) is 0 Å². The highest BCUT2D eigenvalue weighted by Crippen LogP contribution is 2.28. The van der Waals surface area contributed by atoms with Crippen LogP contribution in [0.4, 0.5) is 0 Å². The standard InChI is InChI=1S/C13H26N2O3/c1-4-15(8-9-18-5-2)12(16)13(11-17-3)6-7-14-10-13/h14H,4-11H2,1-3H3. The Morgan fingerprint density at radius 1 is 1.44 bits per heavy atom. The fraction of sp³-hybridized carbons (Fsp3) is 0.923. The maximum Gasteiger partial charge on any atom is 0.232 e. The normalized spacial score (nSPS) is 23.3. The second kappa shape index (κ2) is 7.71. The topological polar surface area (TPSA) is 50.8 Å². The summed E-state index contributed by atoms with van der Waals surface area (Å²) in [4.78, 5) is 14.5. The van der Waals surface area contributed by atoms with Gasteiger partial charge in [0, 0.05) is 33.4 Å². The maximum atomic E-state index is 12.6. The third-order valence-electron chi connectivity index (χ3n) is 3.50. The van der Waals surface area contributed by atoms with Crippen LogP contribution in [-0.2, 0) is 14.3 Å². The molecule has 0 saturated carbocycles. The summed E-state index contributed by atoms with van der Waals surface area (Å²) in [7, 11) is 1.66. The number of hydrogen-bond donors (Lipinski definition) is 1. The summed E-state index contributed by atoms with van der Waals surface area (Å²) in [6.45, 7) is 8.74. The van der Waals surface area contributed by atoms with Gasteiger partial charge in [-0.3, -0.25) is 4.79 Å². The number of methoxy groups -OCH3 is 1. The number of ether oxygens (including phenoxy) is 2. The van der Waals surface area contributed by atoms with Crippen molar-refractivity contribution in [3.63, 3.8) is 0 Å². The van der Waals surface area contributed by atoms with Crippen molar-refractivity contribution < 1.29 is 14.3 Å². The predicted molar refractivity (Wildman–Crippen MR) is 70.5 cm³/mol. The molecule has 106 valence electrons. The molecule has 5 nitrogen and oxygen atoms in total. The maximum absolute atomic E-state index is 12.6. The summed E-state index contributed by atoms with van der Waals surface area (Å²) in [6, 6.07) is 0. The highest BCUT2D eigenvalue weighted by Gasteiger charge is 2.43. The predicted octanol–water partition coefficient (Wildman–Crippen LogP) is 0.498. The van der Waals surface area contributed by atoms with E-state index in [1.165, 1.54) is 0 Å². The van der Waals surface area contributed by atoms with Gasteiger partial charge in [0.2, 0.25) is 5.91 Å². The Morgan fingerprint density at radius 3 is 2.72 bits per heavy atom.